The number of ether oxygens (including phenoxy) is 1. The van der Waals surface area contributed by atoms with Crippen LogP contribution >= 0.6 is 0 Å². The number of hydrogen-bond acceptors (Lipinski definition) is 4. The number of hydrogen-bond donors (Lipinski definition) is 1. The SMILES string of the molecule is Cc1cc(CO)cc(C)c1OCc1ncnn1CC(C)C. The first-order valence-electron chi connectivity index (χ1n) is 7.21. The number of aromatic nitrogens is 3. The molecule has 2 aromatic rings. The summed E-state index contributed by atoms with van der Waals surface area (Å²) in [5, 5.41) is 13.4. The van der Waals surface area contributed by atoms with Gasteiger partial charge in [-0.3, -0.25) is 0 Å². The molecule has 1 N–H and O–H groups in total. The van der Waals surface area contributed by atoms with Crippen LogP contribution in [0.5, 0.6) is 5.75 Å². The van der Waals surface area contributed by atoms with Crippen LogP contribution in [-0.2, 0) is 19.8 Å². The van der Waals surface area contributed by atoms with Crippen molar-refractivity contribution in [2.24, 2.45) is 5.92 Å². The standard InChI is InChI=1S/C16H23N3O2/c1-11(2)7-19-15(17-10-18-19)9-21-16-12(3)5-14(8-20)6-13(16)4/h5-6,10-11,20H,7-9H2,1-4H3. The zero-order chi connectivity index (χ0) is 15.4. The fourth-order valence-corrected chi connectivity index (χ4v) is 2.39. The maximum absolute atomic E-state index is 9.22. The normalized spacial score (nSPS) is 11.1. The lowest BCUT2D eigenvalue weighted by molar-refractivity contribution is 0.274. The molecule has 0 bridgehead atoms. The Kier molecular flexibility index (Phi) is 4.96. The Labute approximate surface area is 125 Å². The minimum atomic E-state index is 0.0463. The van der Waals surface area contributed by atoms with Gasteiger partial charge in [0.15, 0.2) is 5.82 Å². The largest absolute Gasteiger partial charge is 0.485 e. The van der Waals surface area contributed by atoms with Gasteiger partial charge in [0.2, 0.25) is 0 Å². The summed E-state index contributed by atoms with van der Waals surface area (Å²) in [4.78, 5) is 4.26. The molecule has 1 aromatic heterocycles. The van der Waals surface area contributed by atoms with Crippen molar-refractivity contribution in [3.8, 4) is 5.75 Å². The summed E-state index contributed by atoms with van der Waals surface area (Å²) in [6.45, 7) is 9.54. The van der Waals surface area contributed by atoms with Crippen LogP contribution in [0.1, 0.15) is 36.4 Å². The van der Waals surface area contributed by atoms with E-state index in [2.05, 4.69) is 23.9 Å². The Bertz CT molecular complexity index is 582. The van der Waals surface area contributed by atoms with Gasteiger partial charge in [0.1, 0.15) is 18.7 Å². The molecule has 0 aliphatic carbocycles. The van der Waals surface area contributed by atoms with E-state index in [0.717, 1.165) is 34.8 Å². The van der Waals surface area contributed by atoms with Gasteiger partial charge >= 0.3 is 0 Å². The summed E-state index contributed by atoms with van der Waals surface area (Å²) in [5.74, 6) is 2.19. The first-order chi connectivity index (χ1) is 10.0. The molecule has 0 unspecified atom stereocenters. The molecule has 1 aromatic carbocycles. The smallest absolute Gasteiger partial charge is 0.164 e. The molecule has 0 saturated carbocycles. The van der Waals surface area contributed by atoms with E-state index in [1.165, 1.54) is 0 Å². The van der Waals surface area contributed by atoms with E-state index in [9.17, 15) is 5.11 Å². The first kappa shape index (κ1) is 15.5. The minimum Gasteiger partial charge on any atom is -0.485 e. The minimum absolute atomic E-state index is 0.0463. The monoisotopic (exact) mass is 289 g/mol. The molecule has 0 aliphatic heterocycles. The lowest BCUT2D eigenvalue weighted by atomic mass is 10.1. The zero-order valence-electron chi connectivity index (χ0n) is 13.1. The summed E-state index contributed by atoms with van der Waals surface area (Å²) in [6.07, 6.45) is 1.57. The Balaban J connectivity index is 2.12. The Hall–Kier alpha value is -1.88. The summed E-state index contributed by atoms with van der Waals surface area (Å²) >= 11 is 0. The van der Waals surface area contributed by atoms with Gasteiger partial charge < -0.3 is 9.84 Å². The molecule has 0 atom stereocenters. The van der Waals surface area contributed by atoms with Crippen molar-refractivity contribution in [1.82, 2.24) is 14.8 Å². The average molecular weight is 289 g/mol. The topological polar surface area (TPSA) is 60.2 Å². The third kappa shape index (κ3) is 3.82. The van der Waals surface area contributed by atoms with Crippen molar-refractivity contribution in [3.63, 3.8) is 0 Å². The van der Waals surface area contributed by atoms with Crippen LogP contribution < -0.4 is 4.74 Å². The number of benzene rings is 1. The van der Waals surface area contributed by atoms with Crippen molar-refractivity contribution in [2.45, 2.75) is 47.5 Å². The lowest BCUT2D eigenvalue weighted by Crippen LogP contribution is -2.12. The molecule has 0 amide bonds. The van der Waals surface area contributed by atoms with Gasteiger partial charge in [-0.05, 0) is 36.5 Å². The molecule has 0 saturated heterocycles. The van der Waals surface area contributed by atoms with E-state index < -0.39 is 0 Å². The van der Waals surface area contributed by atoms with E-state index in [-0.39, 0.29) is 6.61 Å². The van der Waals surface area contributed by atoms with Crippen LogP contribution in [0.15, 0.2) is 18.5 Å². The van der Waals surface area contributed by atoms with E-state index in [1.807, 2.05) is 30.7 Å². The molecule has 114 valence electrons. The molecule has 0 aliphatic rings. The number of nitrogens with zero attached hydrogens (tertiary/aromatic N) is 3. The Morgan fingerprint density at radius 1 is 1.24 bits per heavy atom. The van der Waals surface area contributed by atoms with E-state index in [1.54, 1.807) is 6.33 Å². The van der Waals surface area contributed by atoms with Crippen molar-refractivity contribution < 1.29 is 9.84 Å². The van der Waals surface area contributed by atoms with Crippen LogP contribution in [0.4, 0.5) is 0 Å². The molecule has 1 heterocycles. The van der Waals surface area contributed by atoms with Gasteiger partial charge in [-0.1, -0.05) is 26.0 Å². The fraction of sp³-hybridized carbons (Fsp3) is 0.500. The van der Waals surface area contributed by atoms with Gasteiger partial charge in [0.25, 0.3) is 0 Å². The third-order valence-corrected chi connectivity index (χ3v) is 3.28. The highest BCUT2D eigenvalue weighted by Gasteiger charge is 2.10. The third-order valence-electron chi connectivity index (χ3n) is 3.28. The molecular formula is C16H23N3O2. The highest BCUT2D eigenvalue weighted by molar-refractivity contribution is 5.43. The number of rotatable bonds is 6. The van der Waals surface area contributed by atoms with Crippen molar-refractivity contribution in [1.29, 1.82) is 0 Å². The number of aliphatic hydroxyl groups is 1. The fourth-order valence-electron chi connectivity index (χ4n) is 2.39. The summed E-state index contributed by atoms with van der Waals surface area (Å²) < 4.78 is 7.82. The molecule has 2 rings (SSSR count). The maximum Gasteiger partial charge on any atom is 0.164 e. The van der Waals surface area contributed by atoms with Crippen LogP contribution in [0.25, 0.3) is 0 Å². The van der Waals surface area contributed by atoms with Crippen LogP contribution in [-0.4, -0.2) is 19.9 Å². The molecular weight excluding hydrogens is 266 g/mol. The predicted octanol–water partition coefficient (Wildman–Crippen LogP) is 2.62. The summed E-state index contributed by atoms with van der Waals surface area (Å²) in [6, 6.07) is 3.89. The Morgan fingerprint density at radius 3 is 2.48 bits per heavy atom. The van der Waals surface area contributed by atoms with Crippen molar-refractivity contribution in [2.75, 3.05) is 0 Å². The van der Waals surface area contributed by atoms with Crippen molar-refractivity contribution in [3.05, 3.63) is 41.0 Å². The molecule has 0 spiro atoms. The molecule has 5 heteroatoms. The molecule has 5 nitrogen and oxygen atoms in total. The van der Waals surface area contributed by atoms with Gasteiger partial charge in [-0.15, -0.1) is 0 Å². The molecule has 0 fully saturated rings. The second kappa shape index (κ2) is 6.72. The second-order valence-corrected chi connectivity index (χ2v) is 5.76. The zero-order valence-corrected chi connectivity index (χ0v) is 13.1. The van der Waals surface area contributed by atoms with Crippen molar-refractivity contribution >= 4 is 0 Å². The Morgan fingerprint density at radius 2 is 1.90 bits per heavy atom. The van der Waals surface area contributed by atoms with Crippen LogP contribution in [0, 0.1) is 19.8 Å². The van der Waals surface area contributed by atoms with Crippen LogP contribution in [0.3, 0.4) is 0 Å². The second-order valence-electron chi connectivity index (χ2n) is 5.76. The van der Waals surface area contributed by atoms with E-state index >= 15 is 0 Å². The van der Waals surface area contributed by atoms with E-state index in [0.29, 0.717) is 12.5 Å². The average Bonchev–Trinajstić information content (AvgIpc) is 2.84. The maximum atomic E-state index is 9.22. The number of aliphatic hydroxyl groups excluding tert-OH is 1. The first-order valence-corrected chi connectivity index (χ1v) is 7.21. The lowest BCUT2D eigenvalue weighted by Gasteiger charge is -2.14. The van der Waals surface area contributed by atoms with Gasteiger partial charge in [-0.25, -0.2) is 9.67 Å². The summed E-state index contributed by atoms with van der Waals surface area (Å²) in [7, 11) is 0. The quantitative estimate of drug-likeness (QED) is 0.888. The highest BCUT2D eigenvalue weighted by atomic mass is 16.5. The number of aryl methyl sites for hydroxylation is 2. The van der Waals surface area contributed by atoms with Gasteiger partial charge in [0, 0.05) is 6.54 Å². The van der Waals surface area contributed by atoms with Gasteiger partial charge in [0.05, 0.1) is 6.61 Å². The summed E-state index contributed by atoms with van der Waals surface area (Å²) in [5.41, 5.74) is 2.95. The van der Waals surface area contributed by atoms with E-state index in [4.69, 9.17) is 4.74 Å². The highest BCUT2D eigenvalue weighted by Crippen LogP contribution is 2.25. The van der Waals surface area contributed by atoms with Gasteiger partial charge in [-0.2, -0.15) is 5.10 Å². The molecule has 21 heavy (non-hydrogen) atoms. The molecule has 0 radical (unpaired) electrons. The van der Waals surface area contributed by atoms with Crippen LogP contribution in [0.2, 0.25) is 0 Å². The predicted molar refractivity (Wildman–Crippen MR) is 81.0 cm³/mol.